The molecular formula is C17H23NO3. The third-order valence-electron chi connectivity index (χ3n) is 4.34. The van der Waals surface area contributed by atoms with Crippen LogP contribution in [0.15, 0.2) is 30.3 Å². The number of carbonyl (C=O) groups is 2. The summed E-state index contributed by atoms with van der Waals surface area (Å²) in [6, 6.07) is 9.82. The van der Waals surface area contributed by atoms with Crippen LogP contribution in [0.1, 0.15) is 32.3 Å². The first kappa shape index (κ1) is 15.5. The highest BCUT2D eigenvalue weighted by Gasteiger charge is 2.42. The minimum Gasteiger partial charge on any atom is -0.481 e. The summed E-state index contributed by atoms with van der Waals surface area (Å²) in [4.78, 5) is 25.8. The Labute approximate surface area is 125 Å². The molecule has 0 aromatic heterocycles. The number of benzene rings is 1. The van der Waals surface area contributed by atoms with E-state index < -0.39 is 11.9 Å². The quantitative estimate of drug-likeness (QED) is 0.906. The molecule has 1 fully saturated rings. The van der Waals surface area contributed by atoms with Gasteiger partial charge in [0.25, 0.3) is 0 Å². The Hall–Kier alpha value is -1.84. The highest BCUT2D eigenvalue weighted by atomic mass is 16.4. The predicted octanol–water partition coefficient (Wildman–Crippen LogP) is 2.78. The molecule has 0 spiro atoms. The molecule has 114 valence electrons. The van der Waals surface area contributed by atoms with Crippen molar-refractivity contribution in [1.29, 1.82) is 0 Å². The van der Waals surface area contributed by atoms with Crippen molar-refractivity contribution in [3.63, 3.8) is 0 Å². The zero-order valence-corrected chi connectivity index (χ0v) is 12.7. The van der Waals surface area contributed by atoms with Crippen LogP contribution in [0.4, 0.5) is 0 Å². The number of carbonyl (C=O) groups excluding carboxylic acids is 1. The number of hydrogen-bond donors (Lipinski definition) is 1. The van der Waals surface area contributed by atoms with Crippen molar-refractivity contribution in [2.45, 2.75) is 33.2 Å². The first-order valence-electron chi connectivity index (χ1n) is 7.58. The van der Waals surface area contributed by atoms with E-state index in [0.717, 1.165) is 5.56 Å². The lowest BCUT2D eigenvalue weighted by molar-refractivity contribution is -0.149. The molecule has 4 heteroatoms. The minimum atomic E-state index is -0.839. The lowest BCUT2D eigenvalue weighted by Gasteiger charge is -2.26. The summed E-state index contributed by atoms with van der Waals surface area (Å²) < 4.78 is 0. The molecule has 0 bridgehead atoms. The Kier molecular flexibility index (Phi) is 4.99. The van der Waals surface area contributed by atoms with Crippen molar-refractivity contribution < 1.29 is 14.7 Å². The van der Waals surface area contributed by atoms with E-state index in [1.54, 1.807) is 4.90 Å². The molecule has 4 nitrogen and oxygen atoms in total. The summed E-state index contributed by atoms with van der Waals surface area (Å²) in [7, 11) is 0. The summed E-state index contributed by atoms with van der Waals surface area (Å²) in [6.45, 7) is 5.12. The number of aliphatic carboxylic acids is 1. The SMILES string of the molecule is CCN(Cc1ccccc1)C(=O)[C@H]1CC(C)C[C@H]1C(=O)O. The van der Waals surface area contributed by atoms with E-state index in [1.165, 1.54) is 0 Å². The Balaban J connectivity index is 2.10. The van der Waals surface area contributed by atoms with Gasteiger partial charge in [-0.25, -0.2) is 0 Å². The summed E-state index contributed by atoms with van der Waals surface area (Å²) >= 11 is 0. The molecule has 2 rings (SSSR count). The Morgan fingerprint density at radius 3 is 2.38 bits per heavy atom. The average Bonchev–Trinajstić information content (AvgIpc) is 2.87. The maximum Gasteiger partial charge on any atom is 0.307 e. The minimum absolute atomic E-state index is 0.0156. The van der Waals surface area contributed by atoms with Crippen molar-refractivity contribution >= 4 is 11.9 Å². The van der Waals surface area contributed by atoms with Crippen LogP contribution in [-0.4, -0.2) is 28.4 Å². The molecule has 1 aromatic carbocycles. The second-order valence-corrected chi connectivity index (χ2v) is 5.97. The average molecular weight is 289 g/mol. The summed E-state index contributed by atoms with van der Waals surface area (Å²) in [6.07, 6.45) is 1.29. The van der Waals surface area contributed by atoms with Gasteiger partial charge in [-0.2, -0.15) is 0 Å². The van der Waals surface area contributed by atoms with E-state index >= 15 is 0 Å². The Bertz CT molecular complexity index is 500. The largest absolute Gasteiger partial charge is 0.481 e. The van der Waals surface area contributed by atoms with Gasteiger partial charge in [-0.1, -0.05) is 37.3 Å². The third-order valence-corrected chi connectivity index (χ3v) is 4.34. The van der Waals surface area contributed by atoms with Crippen LogP contribution in [0.3, 0.4) is 0 Å². The zero-order valence-electron chi connectivity index (χ0n) is 12.7. The van der Waals surface area contributed by atoms with E-state index in [0.29, 0.717) is 31.8 Å². The monoisotopic (exact) mass is 289 g/mol. The number of nitrogens with zero attached hydrogens (tertiary/aromatic N) is 1. The van der Waals surface area contributed by atoms with Crippen molar-refractivity contribution in [3.8, 4) is 0 Å². The van der Waals surface area contributed by atoms with Crippen molar-refractivity contribution in [1.82, 2.24) is 4.90 Å². The number of hydrogen-bond acceptors (Lipinski definition) is 2. The van der Waals surface area contributed by atoms with Gasteiger partial charge in [0.2, 0.25) is 5.91 Å². The summed E-state index contributed by atoms with van der Waals surface area (Å²) in [5.74, 6) is -1.46. The molecule has 21 heavy (non-hydrogen) atoms. The predicted molar refractivity (Wildman–Crippen MR) is 80.5 cm³/mol. The summed E-state index contributed by atoms with van der Waals surface area (Å²) in [5, 5.41) is 9.32. The maximum absolute atomic E-state index is 12.7. The molecule has 1 aromatic rings. The molecule has 1 N–H and O–H groups in total. The number of carboxylic acid groups (broad SMARTS) is 1. The fraction of sp³-hybridized carbons (Fsp3) is 0.529. The van der Waals surface area contributed by atoms with E-state index in [1.807, 2.05) is 44.2 Å². The van der Waals surface area contributed by atoms with E-state index in [9.17, 15) is 14.7 Å². The Morgan fingerprint density at radius 1 is 1.19 bits per heavy atom. The highest BCUT2D eigenvalue weighted by molar-refractivity contribution is 5.85. The first-order chi connectivity index (χ1) is 10.0. The molecule has 0 radical (unpaired) electrons. The van der Waals surface area contributed by atoms with Crippen LogP contribution < -0.4 is 0 Å². The van der Waals surface area contributed by atoms with Crippen LogP contribution in [0, 0.1) is 17.8 Å². The third kappa shape index (κ3) is 3.63. The van der Waals surface area contributed by atoms with Gasteiger partial charge in [-0.3, -0.25) is 9.59 Å². The van der Waals surface area contributed by atoms with Gasteiger partial charge in [0.1, 0.15) is 0 Å². The molecule has 0 heterocycles. The van der Waals surface area contributed by atoms with E-state index in [-0.39, 0.29) is 11.8 Å². The number of carboxylic acids is 1. The normalized spacial score (nSPS) is 24.8. The van der Waals surface area contributed by atoms with E-state index in [2.05, 4.69) is 0 Å². The summed E-state index contributed by atoms with van der Waals surface area (Å²) in [5.41, 5.74) is 1.07. The standard InChI is InChI=1S/C17H23NO3/c1-3-18(11-13-7-5-4-6-8-13)16(19)14-9-12(2)10-15(14)17(20)21/h4-8,12,14-15H,3,9-11H2,1-2H3,(H,20,21)/t12?,14-,15+/m0/s1. The van der Waals surface area contributed by atoms with Gasteiger partial charge in [-0.05, 0) is 31.2 Å². The van der Waals surface area contributed by atoms with Crippen LogP contribution in [0.25, 0.3) is 0 Å². The fourth-order valence-corrected chi connectivity index (χ4v) is 3.22. The molecule has 3 atom stereocenters. The van der Waals surface area contributed by atoms with Crippen molar-refractivity contribution in [2.75, 3.05) is 6.54 Å². The smallest absolute Gasteiger partial charge is 0.307 e. The molecule has 0 saturated heterocycles. The Morgan fingerprint density at radius 2 is 1.81 bits per heavy atom. The lowest BCUT2D eigenvalue weighted by atomic mass is 9.94. The molecule has 0 aliphatic heterocycles. The molecule has 1 unspecified atom stereocenters. The number of amides is 1. The van der Waals surface area contributed by atoms with Crippen LogP contribution in [-0.2, 0) is 16.1 Å². The molecule has 1 aliphatic carbocycles. The van der Waals surface area contributed by atoms with Crippen LogP contribution in [0.5, 0.6) is 0 Å². The molecular weight excluding hydrogens is 266 g/mol. The molecule has 1 aliphatic rings. The first-order valence-corrected chi connectivity index (χ1v) is 7.58. The fourth-order valence-electron chi connectivity index (χ4n) is 3.22. The van der Waals surface area contributed by atoms with Gasteiger partial charge in [0.05, 0.1) is 11.8 Å². The van der Waals surface area contributed by atoms with Gasteiger partial charge >= 0.3 is 5.97 Å². The zero-order chi connectivity index (χ0) is 15.4. The van der Waals surface area contributed by atoms with Crippen LogP contribution in [0.2, 0.25) is 0 Å². The highest BCUT2D eigenvalue weighted by Crippen LogP contribution is 2.37. The van der Waals surface area contributed by atoms with Gasteiger partial charge in [0, 0.05) is 13.1 Å². The lowest BCUT2D eigenvalue weighted by Crippen LogP contribution is -2.38. The van der Waals surface area contributed by atoms with Gasteiger partial charge in [-0.15, -0.1) is 0 Å². The molecule has 1 saturated carbocycles. The second kappa shape index (κ2) is 6.74. The van der Waals surface area contributed by atoms with E-state index in [4.69, 9.17) is 0 Å². The van der Waals surface area contributed by atoms with Crippen LogP contribution >= 0.6 is 0 Å². The number of rotatable bonds is 5. The van der Waals surface area contributed by atoms with Crippen molar-refractivity contribution in [2.24, 2.45) is 17.8 Å². The topological polar surface area (TPSA) is 57.6 Å². The maximum atomic E-state index is 12.7. The van der Waals surface area contributed by atoms with Gasteiger partial charge in [0.15, 0.2) is 0 Å². The second-order valence-electron chi connectivity index (χ2n) is 5.97. The van der Waals surface area contributed by atoms with Gasteiger partial charge < -0.3 is 10.0 Å². The van der Waals surface area contributed by atoms with Crippen molar-refractivity contribution in [3.05, 3.63) is 35.9 Å². The molecule has 1 amide bonds.